The largest absolute Gasteiger partial charge is 0.481 e. The number of carboxylic acid groups (broad SMARTS) is 2. The lowest BCUT2D eigenvalue weighted by Gasteiger charge is -2.28. The van der Waals surface area contributed by atoms with Gasteiger partial charge >= 0.3 is 11.9 Å². The highest BCUT2D eigenvalue weighted by Gasteiger charge is 2.40. The summed E-state index contributed by atoms with van der Waals surface area (Å²) < 4.78 is 13.1. The lowest BCUT2D eigenvalue weighted by molar-refractivity contribution is -0.143. The molecule has 3 atom stereocenters. The van der Waals surface area contributed by atoms with Crippen molar-refractivity contribution in [3.8, 4) is 0 Å². The second-order valence-corrected chi connectivity index (χ2v) is 9.98. The van der Waals surface area contributed by atoms with Gasteiger partial charge in [-0.1, -0.05) is 62.9 Å². The molecule has 0 aliphatic heterocycles. The van der Waals surface area contributed by atoms with Crippen molar-refractivity contribution in [1.29, 1.82) is 0 Å². The lowest BCUT2D eigenvalue weighted by Crippen LogP contribution is -2.30. The van der Waals surface area contributed by atoms with E-state index in [0.717, 1.165) is 24.8 Å². The van der Waals surface area contributed by atoms with Crippen LogP contribution in [-0.2, 0) is 20.6 Å². The Morgan fingerprint density at radius 2 is 1.68 bits per heavy atom. The molecule has 3 N–H and O–H groups in total. The van der Waals surface area contributed by atoms with E-state index >= 15 is 0 Å². The molecule has 0 fully saturated rings. The molecule has 0 saturated carbocycles. The fourth-order valence-corrected chi connectivity index (χ4v) is 5.91. The quantitative estimate of drug-likeness (QED) is 0.282. The topological polar surface area (TPSA) is 112 Å². The van der Waals surface area contributed by atoms with Gasteiger partial charge in [0.2, 0.25) is 7.37 Å². The first-order chi connectivity index (χ1) is 13.3. The molecule has 7 heteroatoms. The van der Waals surface area contributed by atoms with Gasteiger partial charge in [0.15, 0.2) is 0 Å². The first kappa shape index (κ1) is 24.4. The predicted molar refractivity (Wildman–Crippen MR) is 110 cm³/mol. The Hall–Kier alpha value is -1.65. The Balaban J connectivity index is 2.83. The van der Waals surface area contributed by atoms with Gasteiger partial charge in [0.05, 0.1) is 5.92 Å². The highest BCUT2D eigenvalue weighted by atomic mass is 31.2. The van der Waals surface area contributed by atoms with E-state index in [4.69, 9.17) is 5.11 Å². The van der Waals surface area contributed by atoms with Gasteiger partial charge in [0, 0.05) is 18.2 Å². The summed E-state index contributed by atoms with van der Waals surface area (Å²) in [7, 11) is -3.73. The van der Waals surface area contributed by atoms with Crippen molar-refractivity contribution in [2.24, 2.45) is 5.92 Å². The van der Waals surface area contributed by atoms with E-state index in [1.54, 1.807) is 0 Å². The minimum absolute atomic E-state index is 0.0528. The third-order valence-electron chi connectivity index (χ3n) is 5.11. The van der Waals surface area contributed by atoms with E-state index in [0.29, 0.717) is 25.7 Å². The van der Waals surface area contributed by atoms with Crippen molar-refractivity contribution in [3.63, 3.8) is 0 Å². The number of aliphatic carboxylic acids is 2. The number of aryl methyl sites for hydroxylation is 1. The molecule has 28 heavy (non-hydrogen) atoms. The maximum Gasteiger partial charge on any atom is 0.307 e. The molecule has 0 aliphatic rings. The Labute approximate surface area is 167 Å². The average Bonchev–Trinajstić information content (AvgIpc) is 2.63. The van der Waals surface area contributed by atoms with E-state index in [-0.39, 0.29) is 19.0 Å². The summed E-state index contributed by atoms with van der Waals surface area (Å²) >= 11 is 0. The molecule has 1 aromatic rings. The minimum atomic E-state index is -3.73. The first-order valence-electron chi connectivity index (χ1n) is 10.1. The fourth-order valence-electron chi connectivity index (χ4n) is 3.54. The van der Waals surface area contributed by atoms with Gasteiger partial charge in [-0.25, -0.2) is 0 Å². The van der Waals surface area contributed by atoms with E-state index < -0.39 is 30.9 Å². The monoisotopic (exact) mass is 412 g/mol. The minimum Gasteiger partial charge on any atom is -0.481 e. The molecule has 158 valence electrons. The Kier molecular flexibility index (Phi) is 11.1. The van der Waals surface area contributed by atoms with Crippen molar-refractivity contribution in [1.82, 2.24) is 0 Å². The van der Waals surface area contributed by atoms with Gasteiger partial charge in [0.25, 0.3) is 0 Å². The summed E-state index contributed by atoms with van der Waals surface area (Å²) in [6.45, 7) is 2.06. The van der Waals surface area contributed by atoms with Gasteiger partial charge in [0.1, 0.15) is 0 Å². The normalized spacial score (nSPS) is 15.5. The van der Waals surface area contributed by atoms with E-state index in [9.17, 15) is 24.2 Å². The summed E-state index contributed by atoms with van der Waals surface area (Å²) in [6.07, 6.45) is 4.67. The molecule has 0 aromatic heterocycles. The molecule has 0 amide bonds. The maximum atomic E-state index is 13.1. The number of hydrogen-bond donors (Lipinski definition) is 3. The van der Waals surface area contributed by atoms with Gasteiger partial charge < -0.3 is 15.1 Å². The third kappa shape index (κ3) is 9.03. The molecule has 0 radical (unpaired) electrons. The highest BCUT2D eigenvalue weighted by Crippen LogP contribution is 2.53. The van der Waals surface area contributed by atoms with E-state index in [1.807, 2.05) is 30.3 Å². The Morgan fingerprint density at radius 1 is 1.00 bits per heavy atom. The summed E-state index contributed by atoms with van der Waals surface area (Å²) in [6, 6.07) is 9.65. The van der Waals surface area contributed by atoms with Crippen LogP contribution in [0.2, 0.25) is 0 Å². The Morgan fingerprint density at radius 3 is 2.25 bits per heavy atom. The molecule has 1 rings (SSSR count). The van der Waals surface area contributed by atoms with Crippen molar-refractivity contribution >= 4 is 19.3 Å². The van der Waals surface area contributed by atoms with Crippen molar-refractivity contribution in [2.45, 2.75) is 70.4 Å². The van der Waals surface area contributed by atoms with Crippen LogP contribution in [0.5, 0.6) is 0 Å². The molecule has 1 aromatic carbocycles. The molecule has 6 nitrogen and oxygen atoms in total. The second-order valence-electron chi connectivity index (χ2n) is 7.36. The zero-order chi connectivity index (χ0) is 21.0. The average molecular weight is 412 g/mol. The molecule has 0 bridgehead atoms. The number of hydrogen-bond acceptors (Lipinski definition) is 3. The standard InChI is InChI=1S/C21H33O6P/c1-2-3-4-8-13-19(18(21(24)25)14-15-20(22)23)28(26,27)16-9-12-17-10-6-5-7-11-17/h5-7,10-11,18-19H,2-4,8-9,12-16H2,1H3,(H,22,23)(H,24,25)(H,26,27). The van der Waals surface area contributed by atoms with E-state index in [2.05, 4.69) is 6.92 Å². The maximum absolute atomic E-state index is 13.1. The second kappa shape index (κ2) is 12.7. The van der Waals surface area contributed by atoms with Crippen LogP contribution in [0, 0.1) is 5.92 Å². The predicted octanol–water partition coefficient (Wildman–Crippen LogP) is 4.79. The number of carboxylic acids is 2. The molecular weight excluding hydrogens is 379 g/mol. The zero-order valence-electron chi connectivity index (χ0n) is 16.6. The first-order valence-corrected chi connectivity index (χ1v) is 12.0. The SMILES string of the molecule is CCCCCCC(C(CCC(=O)O)C(=O)O)P(=O)(O)CCCc1ccccc1. The van der Waals surface area contributed by atoms with Crippen LogP contribution in [0.15, 0.2) is 30.3 Å². The molecular formula is C21H33O6P. The van der Waals surface area contributed by atoms with Gasteiger partial charge in [-0.3, -0.25) is 14.2 Å². The zero-order valence-corrected chi connectivity index (χ0v) is 17.5. The van der Waals surface area contributed by atoms with Crippen molar-refractivity contribution in [2.75, 3.05) is 6.16 Å². The van der Waals surface area contributed by atoms with Crippen LogP contribution in [0.3, 0.4) is 0 Å². The molecule has 3 unspecified atom stereocenters. The molecule has 0 spiro atoms. The van der Waals surface area contributed by atoms with Crippen molar-refractivity contribution in [3.05, 3.63) is 35.9 Å². The Bertz CT molecular complexity index is 646. The smallest absolute Gasteiger partial charge is 0.307 e. The lowest BCUT2D eigenvalue weighted by atomic mass is 9.95. The van der Waals surface area contributed by atoms with Crippen LogP contribution >= 0.6 is 7.37 Å². The van der Waals surface area contributed by atoms with Gasteiger partial charge in [-0.2, -0.15) is 0 Å². The van der Waals surface area contributed by atoms with Crippen LogP contribution in [-0.4, -0.2) is 38.9 Å². The third-order valence-corrected chi connectivity index (χ3v) is 7.72. The summed E-state index contributed by atoms with van der Waals surface area (Å²) in [5.74, 6) is -3.38. The molecule has 0 heterocycles. The number of carbonyl (C=O) groups is 2. The van der Waals surface area contributed by atoms with Gasteiger partial charge in [-0.05, 0) is 31.2 Å². The highest BCUT2D eigenvalue weighted by molar-refractivity contribution is 7.58. The summed E-state index contributed by atoms with van der Waals surface area (Å²) in [5.41, 5.74) is 0.180. The summed E-state index contributed by atoms with van der Waals surface area (Å²) in [5, 5.41) is 18.5. The fraction of sp³-hybridized carbons (Fsp3) is 0.619. The van der Waals surface area contributed by atoms with Crippen molar-refractivity contribution < 1.29 is 29.3 Å². The molecule has 0 saturated heterocycles. The van der Waals surface area contributed by atoms with Crippen LogP contribution in [0.4, 0.5) is 0 Å². The van der Waals surface area contributed by atoms with Crippen LogP contribution < -0.4 is 0 Å². The van der Waals surface area contributed by atoms with Crippen LogP contribution in [0.1, 0.15) is 63.9 Å². The van der Waals surface area contributed by atoms with Gasteiger partial charge in [-0.15, -0.1) is 0 Å². The summed E-state index contributed by atoms with van der Waals surface area (Å²) in [4.78, 5) is 33.4. The number of benzene rings is 1. The number of rotatable bonds is 15. The molecule has 0 aliphatic carbocycles. The van der Waals surface area contributed by atoms with E-state index in [1.165, 1.54) is 0 Å². The number of unbranched alkanes of at least 4 members (excludes halogenated alkanes) is 3. The van der Waals surface area contributed by atoms with Crippen LogP contribution in [0.25, 0.3) is 0 Å².